The molecule has 8 heteroatoms. The third-order valence-electron chi connectivity index (χ3n) is 6.16. The van der Waals surface area contributed by atoms with Crippen LogP contribution in [0.4, 0.5) is 17.5 Å². The summed E-state index contributed by atoms with van der Waals surface area (Å²) in [5, 5.41) is 31.2. The molecule has 2 aromatic heterocycles. The lowest BCUT2D eigenvalue weighted by atomic mass is 9.83. The van der Waals surface area contributed by atoms with E-state index in [4.69, 9.17) is 4.98 Å². The quantitative estimate of drug-likeness (QED) is 0.399. The number of aliphatic hydroxyl groups excluding tert-OH is 1. The van der Waals surface area contributed by atoms with Gasteiger partial charge in [-0.2, -0.15) is 5.10 Å². The van der Waals surface area contributed by atoms with Crippen molar-refractivity contribution in [1.82, 2.24) is 19.7 Å². The second kappa shape index (κ2) is 9.09. The maximum atomic E-state index is 10.0. The minimum absolute atomic E-state index is 0.0432. The van der Waals surface area contributed by atoms with Crippen LogP contribution < -0.4 is 10.6 Å². The molecule has 1 aliphatic heterocycles. The molecule has 0 radical (unpaired) electrons. The average molecular weight is 461 g/mol. The SMILES string of the molecule is CC#Cc1cc(-c2ccnc(Nc3cc(C)n(CCC(C)(C)O)n3)n2)cc2c1NC[C@]2(C)CO. The molecule has 4 N–H and O–H groups in total. The van der Waals surface area contributed by atoms with Crippen LogP contribution in [-0.2, 0) is 12.0 Å². The number of aromatic nitrogens is 4. The maximum absolute atomic E-state index is 10.0. The van der Waals surface area contributed by atoms with Gasteiger partial charge in [0.15, 0.2) is 5.82 Å². The first-order chi connectivity index (χ1) is 16.1. The number of nitrogens with one attached hydrogen (secondary N) is 2. The van der Waals surface area contributed by atoms with Crippen LogP contribution in [-0.4, -0.2) is 48.7 Å². The molecular formula is C26H32N6O2. The van der Waals surface area contributed by atoms with E-state index < -0.39 is 5.60 Å². The average Bonchev–Trinajstić information content (AvgIpc) is 3.32. The normalized spacial score (nSPS) is 17.0. The lowest BCUT2D eigenvalue weighted by Crippen LogP contribution is -2.28. The van der Waals surface area contributed by atoms with Crippen molar-refractivity contribution in [3.63, 3.8) is 0 Å². The molecule has 1 atom stereocenters. The fraction of sp³-hybridized carbons (Fsp3) is 0.423. The summed E-state index contributed by atoms with van der Waals surface area (Å²) in [6.07, 6.45) is 2.31. The van der Waals surface area contributed by atoms with Crippen LogP contribution >= 0.6 is 0 Å². The Bertz CT molecular complexity index is 1260. The van der Waals surface area contributed by atoms with Gasteiger partial charge < -0.3 is 20.8 Å². The molecule has 0 bridgehead atoms. The van der Waals surface area contributed by atoms with Gasteiger partial charge in [-0.15, -0.1) is 5.92 Å². The third kappa shape index (κ3) is 4.91. The minimum Gasteiger partial charge on any atom is -0.395 e. The van der Waals surface area contributed by atoms with E-state index in [2.05, 4.69) is 38.6 Å². The number of fused-ring (bicyclic) bond motifs is 1. The van der Waals surface area contributed by atoms with Crippen molar-refractivity contribution in [3.05, 3.63) is 47.3 Å². The molecule has 34 heavy (non-hydrogen) atoms. The topological polar surface area (TPSA) is 108 Å². The fourth-order valence-corrected chi connectivity index (χ4v) is 4.08. The summed E-state index contributed by atoms with van der Waals surface area (Å²) in [6, 6.07) is 7.89. The largest absolute Gasteiger partial charge is 0.395 e. The zero-order valence-corrected chi connectivity index (χ0v) is 20.4. The first-order valence-corrected chi connectivity index (χ1v) is 11.5. The lowest BCUT2D eigenvalue weighted by Gasteiger charge is -2.21. The van der Waals surface area contributed by atoms with Crippen LogP contribution in [0.5, 0.6) is 0 Å². The van der Waals surface area contributed by atoms with Crippen molar-refractivity contribution in [2.45, 2.75) is 58.6 Å². The van der Waals surface area contributed by atoms with Crippen LogP contribution in [0.25, 0.3) is 11.3 Å². The Balaban J connectivity index is 1.63. The Kier molecular flexibility index (Phi) is 6.34. The smallest absolute Gasteiger partial charge is 0.228 e. The van der Waals surface area contributed by atoms with Crippen LogP contribution in [0.3, 0.4) is 0 Å². The Hall–Kier alpha value is -3.41. The van der Waals surface area contributed by atoms with Gasteiger partial charge in [-0.25, -0.2) is 9.97 Å². The molecule has 1 aromatic carbocycles. The number of rotatable bonds is 7. The molecule has 8 nitrogen and oxygen atoms in total. The molecule has 1 aliphatic rings. The van der Waals surface area contributed by atoms with Gasteiger partial charge in [-0.05, 0) is 57.9 Å². The molecule has 0 saturated carbocycles. The van der Waals surface area contributed by atoms with Crippen LogP contribution in [0, 0.1) is 18.8 Å². The van der Waals surface area contributed by atoms with Gasteiger partial charge in [-0.1, -0.05) is 12.8 Å². The Morgan fingerprint density at radius 3 is 2.79 bits per heavy atom. The van der Waals surface area contributed by atoms with Crippen molar-refractivity contribution in [3.8, 4) is 23.1 Å². The predicted molar refractivity (Wildman–Crippen MR) is 134 cm³/mol. The molecule has 0 saturated heterocycles. The van der Waals surface area contributed by atoms with Gasteiger partial charge in [0, 0.05) is 47.6 Å². The van der Waals surface area contributed by atoms with E-state index in [1.165, 1.54) is 0 Å². The van der Waals surface area contributed by atoms with E-state index >= 15 is 0 Å². The minimum atomic E-state index is -0.748. The van der Waals surface area contributed by atoms with E-state index in [0.717, 1.165) is 33.8 Å². The zero-order valence-electron chi connectivity index (χ0n) is 20.4. The monoisotopic (exact) mass is 460 g/mol. The molecule has 0 unspecified atom stereocenters. The number of aliphatic hydroxyl groups is 2. The molecule has 178 valence electrons. The third-order valence-corrected chi connectivity index (χ3v) is 6.16. The second-order valence-electron chi connectivity index (χ2n) is 9.74. The van der Waals surface area contributed by atoms with Gasteiger partial charge in [-0.3, -0.25) is 4.68 Å². The van der Waals surface area contributed by atoms with Crippen molar-refractivity contribution in [2.24, 2.45) is 0 Å². The highest BCUT2D eigenvalue weighted by Crippen LogP contribution is 2.41. The predicted octanol–water partition coefficient (Wildman–Crippen LogP) is 3.60. The number of hydrogen-bond donors (Lipinski definition) is 4. The first-order valence-electron chi connectivity index (χ1n) is 11.5. The summed E-state index contributed by atoms with van der Waals surface area (Å²) >= 11 is 0. The van der Waals surface area contributed by atoms with Crippen molar-refractivity contribution < 1.29 is 10.2 Å². The van der Waals surface area contributed by atoms with Crippen LogP contribution in [0.15, 0.2) is 30.5 Å². The number of nitrogens with zero attached hydrogens (tertiary/aromatic N) is 4. The second-order valence-corrected chi connectivity index (χ2v) is 9.74. The highest BCUT2D eigenvalue weighted by Gasteiger charge is 2.35. The van der Waals surface area contributed by atoms with Crippen molar-refractivity contribution in [2.75, 3.05) is 23.8 Å². The van der Waals surface area contributed by atoms with E-state index in [9.17, 15) is 10.2 Å². The molecule has 0 fully saturated rings. The van der Waals surface area contributed by atoms with Gasteiger partial charge in [0.25, 0.3) is 0 Å². The van der Waals surface area contributed by atoms with E-state index in [-0.39, 0.29) is 12.0 Å². The highest BCUT2D eigenvalue weighted by molar-refractivity contribution is 5.77. The molecule has 3 aromatic rings. The van der Waals surface area contributed by atoms with E-state index in [0.29, 0.717) is 31.3 Å². The maximum Gasteiger partial charge on any atom is 0.228 e. The summed E-state index contributed by atoms with van der Waals surface area (Å²) in [5.41, 5.74) is 4.44. The van der Waals surface area contributed by atoms with E-state index in [1.807, 2.05) is 43.7 Å². The lowest BCUT2D eigenvalue weighted by molar-refractivity contribution is 0.0649. The van der Waals surface area contributed by atoms with Crippen molar-refractivity contribution in [1.29, 1.82) is 0 Å². The fourth-order valence-electron chi connectivity index (χ4n) is 4.08. The number of aryl methyl sites for hydroxylation is 2. The Morgan fingerprint density at radius 1 is 1.29 bits per heavy atom. The van der Waals surface area contributed by atoms with Gasteiger partial charge >= 0.3 is 0 Å². The Labute approximate surface area is 200 Å². The summed E-state index contributed by atoms with van der Waals surface area (Å²) < 4.78 is 1.86. The summed E-state index contributed by atoms with van der Waals surface area (Å²) in [5.74, 6) is 7.26. The Morgan fingerprint density at radius 2 is 2.09 bits per heavy atom. The number of hydrogen-bond acceptors (Lipinski definition) is 7. The van der Waals surface area contributed by atoms with Gasteiger partial charge in [0.1, 0.15) is 0 Å². The van der Waals surface area contributed by atoms with Crippen molar-refractivity contribution >= 4 is 17.5 Å². The molecule has 0 spiro atoms. The molecule has 0 aliphatic carbocycles. The van der Waals surface area contributed by atoms with Crippen LogP contribution in [0.2, 0.25) is 0 Å². The molecule has 0 amide bonds. The van der Waals surface area contributed by atoms with Crippen LogP contribution in [0.1, 0.15) is 50.9 Å². The summed E-state index contributed by atoms with van der Waals surface area (Å²) in [7, 11) is 0. The van der Waals surface area contributed by atoms with E-state index in [1.54, 1.807) is 20.0 Å². The molecular weight excluding hydrogens is 428 g/mol. The zero-order chi connectivity index (χ0) is 24.5. The highest BCUT2D eigenvalue weighted by atomic mass is 16.3. The number of benzene rings is 1. The molecule has 3 heterocycles. The molecule has 4 rings (SSSR count). The standard InChI is InChI=1S/C26H32N6O2/c1-6-7-18-13-19(14-20-23(18)28-15-26(20,5)16-33)21-8-10-27-24(29-21)30-22-12-17(2)32(31-22)11-9-25(3,4)34/h8,10,12-14,28,33-34H,9,11,15-16H2,1-5H3,(H,27,29,30,31)/t26-/m1/s1. The summed E-state index contributed by atoms with van der Waals surface area (Å²) in [6.45, 7) is 10.7. The summed E-state index contributed by atoms with van der Waals surface area (Å²) in [4.78, 5) is 9.09. The van der Waals surface area contributed by atoms with Gasteiger partial charge in [0.2, 0.25) is 5.95 Å². The van der Waals surface area contributed by atoms with Gasteiger partial charge in [0.05, 0.1) is 23.6 Å². The number of anilines is 3. The first kappa shape index (κ1) is 23.7.